The van der Waals surface area contributed by atoms with Crippen LogP contribution in [-0.2, 0) is 0 Å². The van der Waals surface area contributed by atoms with Gasteiger partial charge < -0.3 is 10.3 Å². The van der Waals surface area contributed by atoms with Crippen LogP contribution in [0.5, 0.6) is 0 Å². The van der Waals surface area contributed by atoms with Gasteiger partial charge in [-0.1, -0.05) is 0 Å². The molecule has 0 atom stereocenters. The third-order valence-corrected chi connectivity index (χ3v) is 2.06. The highest BCUT2D eigenvalue weighted by Crippen LogP contribution is 2.12. The smallest absolute Gasteiger partial charge is 0.220 e. The van der Waals surface area contributed by atoms with Crippen LogP contribution in [-0.4, -0.2) is 19.5 Å². The molecule has 0 fully saturated rings. The molecule has 0 aliphatic heterocycles. The Morgan fingerprint density at radius 1 is 1.29 bits per heavy atom. The van der Waals surface area contributed by atoms with Gasteiger partial charge in [0.2, 0.25) is 5.95 Å². The summed E-state index contributed by atoms with van der Waals surface area (Å²) in [6.45, 7) is 3.82. The summed E-state index contributed by atoms with van der Waals surface area (Å²) in [6.07, 6.45) is 5.31. The molecule has 0 radical (unpaired) electrons. The van der Waals surface area contributed by atoms with Crippen molar-refractivity contribution in [2.75, 3.05) is 5.73 Å². The second-order valence-electron chi connectivity index (χ2n) is 3.04. The van der Waals surface area contributed by atoms with Crippen LogP contribution in [0.25, 0.3) is 5.69 Å². The maximum absolute atomic E-state index is 5.47. The van der Waals surface area contributed by atoms with Gasteiger partial charge in [-0.15, -0.1) is 0 Å². The molecule has 2 aromatic heterocycles. The SMILES string of the molecule is Cc1nc(N)ncc1-n1ccnc1C. The summed E-state index contributed by atoms with van der Waals surface area (Å²) in [7, 11) is 0. The molecule has 2 aromatic rings. The van der Waals surface area contributed by atoms with Gasteiger partial charge in [0.25, 0.3) is 0 Å². The van der Waals surface area contributed by atoms with E-state index in [0.717, 1.165) is 17.2 Å². The van der Waals surface area contributed by atoms with Gasteiger partial charge in [0.1, 0.15) is 5.82 Å². The molecule has 0 aliphatic rings. The second-order valence-corrected chi connectivity index (χ2v) is 3.04. The van der Waals surface area contributed by atoms with E-state index in [4.69, 9.17) is 5.73 Å². The number of aromatic nitrogens is 4. The second kappa shape index (κ2) is 3.10. The average Bonchev–Trinajstić information content (AvgIpc) is 2.52. The molecule has 72 valence electrons. The van der Waals surface area contributed by atoms with E-state index < -0.39 is 0 Å². The molecule has 2 N–H and O–H groups in total. The van der Waals surface area contributed by atoms with Crippen LogP contribution >= 0.6 is 0 Å². The molecule has 5 nitrogen and oxygen atoms in total. The fraction of sp³-hybridized carbons (Fsp3) is 0.222. The van der Waals surface area contributed by atoms with Gasteiger partial charge in [0.05, 0.1) is 17.6 Å². The van der Waals surface area contributed by atoms with E-state index >= 15 is 0 Å². The zero-order valence-electron chi connectivity index (χ0n) is 8.10. The van der Waals surface area contributed by atoms with Crippen LogP contribution in [0.4, 0.5) is 5.95 Å². The molecule has 2 rings (SSSR count). The van der Waals surface area contributed by atoms with Crippen LogP contribution in [0.15, 0.2) is 18.6 Å². The number of imidazole rings is 1. The van der Waals surface area contributed by atoms with Crippen molar-refractivity contribution in [1.29, 1.82) is 0 Å². The monoisotopic (exact) mass is 189 g/mol. The zero-order chi connectivity index (χ0) is 10.1. The minimum atomic E-state index is 0.295. The largest absolute Gasteiger partial charge is 0.368 e. The molecule has 0 bridgehead atoms. The van der Waals surface area contributed by atoms with E-state index in [9.17, 15) is 0 Å². The average molecular weight is 189 g/mol. The van der Waals surface area contributed by atoms with Gasteiger partial charge in [-0.3, -0.25) is 0 Å². The first kappa shape index (κ1) is 8.68. The Labute approximate surface area is 81.6 Å². The van der Waals surface area contributed by atoms with Crippen molar-refractivity contribution in [3.05, 3.63) is 30.1 Å². The number of anilines is 1. The van der Waals surface area contributed by atoms with E-state index in [1.165, 1.54) is 0 Å². The molecule has 0 aliphatic carbocycles. The Hall–Kier alpha value is -1.91. The molecule has 0 saturated carbocycles. The lowest BCUT2D eigenvalue weighted by atomic mass is 10.3. The highest BCUT2D eigenvalue weighted by molar-refractivity contribution is 5.37. The summed E-state index contributed by atoms with van der Waals surface area (Å²) < 4.78 is 1.93. The predicted molar refractivity (Wildman–Crippen MR) is 53.0 cm³/mol. The molecule has 5 heteroatoms. The van der Waals surface area contributed by atoms with E-state index in [1.807, 2.05) is 24.6 Å². The predicted octanol–water partition coefficient (Wildman–Crippen LogP) is 0.861. The number of hydrogen-bond donors (Lipinski definition) is 1. The van der Waals surface area contributed by atoms with E-state index in [0.29, 0.717) is 5.95 Å². The number of aryl methyl sites for hydroxylation is 2. The zero-order valence-corrected chi connectivity index (χ0v) is 8.10. The number of nitrogens with two attached hydrogens (primary N) is 1. The van der Waals surface area contributed by atoms with Crippen molar-refractivity contribution >= 4 is 5.95 Å². The highest BCUT2D eigenvalue weighted by atomic mass is 15.1. The third-order valence-electron chi connectivity index (χ3n) is 2.06. The van der Waals surface area contributed by atoms with Crippen molar-refractivity contribution in [3.63, 3.8) is 0 Å². The maximum Gasteiger partial charge on any atom is 0.220 e. The van der Waals surface area contributed by atoms with Crippen molar-refractivity contribution < 1.29 is 0 Å². The molecule has 14 heavy (non-hydrogen) atoms. The number of hydrogen-bond acceptors (Lipinski definition) is 4. The van der Waals surface area contributed by atoms with Crippen LogP contribution in [0.1, 0.15) is 11.5 Å². The molecule has 0 spiro atoms. The normalized spacial score (nSPS) is 10.4. The lowest BCUT2D eigenvalue weighted by Gasteiger charge is -2.07. The number of rotatable bonds is 1. The fourth-order valence-electron chi connectivity index (χ4n) is 1.35. The third kappa shape index (κ3) is 1.32. The van der Waals surface area contributed by atoms with Gasteiger partial charge in [-0.25, -0.2) is 15.0 Å². The van der Waals surface area contributed by atoms with Crippen LogP contribution in [0.3, 0.4) is 0 Å². The summed E-state index contributed by atoms with van der Waals surface area (Å²) >= 11 is 0. The van der Waals surface area contributed by atoms with Gasteiger partial charge in [0, 0.05) is 12.4 Å². The standard InChI is InChI=1S/C9H11N5/c1-6-8(5-12-9(10)13-6)14-4-3-11-7(14)2/h3-5H,1-2H3,(H2,10,12,13). The Kier molecular flexibility index (Phi) is 1.92. The lowest BCUT2D eigenvalue weighted by molar-refractivity contribution is 0.931. The van der Waals surface area contributed by atoms with Crippen LogP contribution in [0.2, 0.25) is 0 Å². The minimum absolute atomic E-state index is 0.295. The van der Waals surface area contributed by atoms with Crippen LogP contribution in [0, 0.1) is 13.8 Å². The topological polar surface area (TPSA) is 69.6 Å². The van der Waals surface area contributed by atoms with Crippen LogP contribution < -0.4 is 5.73 Å². The summed E-state index contributed by atoms with van der Waals surface area (Å²) in [6, 6.07) is 0. The van der Waals surface area contributed by atoms with Gasteiger partial charge in [0.15, 0.2) is 0 Å². The first-order chi connectivity index (χ1) is 6.68. The number of nitrogens with zero attached hydrogens (tertiary/aromatic N) is 4. The Bertz CT molecular complexity index is 460. The van der Waals surface area contributed by atoms with Gasteiger partial charge >= 0.3 is 0 Å². The van der Waals surface area contributed by atoms with Crippen molar-refractivity contribution in [2.24, 2.45) is 0 Å². The first-order valence-electron chi connectivity index (χ1n) is 4.28. The molecular weight excluding hydrogens is 178 g/mol. The molecule has 2 heterocycles. The van der Waals surface area contributed by atoms with Crippen molar-refractivity contribution in [2.45, 2.75) is 13.8 Å². The number of nitrogen functional groups attached to an aromatic ring is 1. The molecule has 0 aromatic carbocycles. The quantitative estimate of drug-likeness (QED) is 0.722. The van der Waals surface area contributed by atoms with Crippen molar-refractivity contribution in [1.82, 2.24) is 19.5 Å². The molecule has 0 unspecified atom stereocenters. The maximum atomic E-state index is 5.47. The molecule has 0 saturated heterocycles. The van der Waals surface area contributed by atoms with Gasteiger partial charge in [-0.2, -0.15) is 0 Å². The fourth-order valence-corrected chi connectivity index (χ4v) is 1.35. The first-order valence-corrected chi connectivity index (χ1v) is 4.28. The summed E-state index contributed by atoms with van der Waals surface area (Å²) in [5.41, 5.74) is 7.23. The minimum Gasteiger partial charge on any atom is -0.368 e. The van der Waals surface area contributed by atoms with E-state index in [1.54, 1.807) is 12.4 Å². The summed E-state index contributed by atoms with van der Waals surface area (Å²) in [5.74, 6) is 1.20. The lowest BCUT2D eigenvalue weighted by Crippen LogP contribution is -2.04. The van der Waals surface area contributed by atoms with E-state index in [-0.39, 0.29) is 0 Å². The molecular formula is C9H11N5. The highest BCUT2D eigenvalue weighted by Gasteiger charge is 2.05. The Morgan fingerprint density at radius 2 is 2.07 bits per heavy atom. The summed E-state index contributed by atoms with van der Waals surface area (Å²) in [4.78, 5) is 12.2. The summed E-state index contributed by atoms with van der Waals surface area (Å²) in [5, 5.41) is 0. The molecule has 0 amide bonds. The van der Waals surface area contributed by atoms with E-state index in [2.05, 4.69) is 15.0 Å². The van der Waals surface area contributed by atoms with Crippen molar-refractivity contribution in [3.8, 4) is 5.69 Å². The Balaban J connectivity index is 2.58. The van der Waals surface area contributed by atoms with Gasteiger partial charge in [-0.05, 0) is 13.8 Å². The Morgan fingerprint density at radius 3 is 2.64 bits per heavy atom.